The van der Waals surface area contributed by atoms with Gasteiger partial charge in [0.25, 0.3) is 0 Å². The summed E-state index contributed by atoms with van der Waals surface area (Å²) in [5.74, 6) is 0. The third-order valence-corrected chi connectivity index (χ3v) is 2.45. The van der Waals surface area contributed by atoms with Gasteiger partial charge >= 0.3 is 0 Å². The van der Waals surface area contributed by atoms with Crippen molar-refractivity contribution in [3.8, 4) is 0 Å². The zero-order valence-electron chi connectivity index (χ0n) is 12.1. The van der Waals surface area contributed by atoms with E-state index < -0.39 is 6.10 Å². The van der Waals surface area contributed by atoms with E-state index in [1.54, 1.807) is 7.11 Å². The Balaban J connectivity index is 3.17. The molecule has 1 atom stereocenters. The van der Waals surface area contributed by atoms with Gasteiger partial charge in [-0.3, -0.25) is 0 Å². The molecule has 0 saturated heterocycles. The van der Waals surface area contributed by atoms with Crippen molar-refractivity contribution in [3.05, 3.63) is 0 Å². The minimum Gasteiger partial charge on any atom is -0.390 e. The standard InChI is InChI=1S/C13H28O5/c1-13(2,3)12(14)11-18-10-9-17-8-7-16-6-5-15-4/h12,14H,5-11H2,1-4H3. The quantitative estimate of drug-likeness (QED) is 0.566. The van der Waals surface area contributed by atoms with Gasteiger partial charge in [-0.25, -0.2) is 0 Å². The fourth-order valence-electron chi connectivity index (χ4n) is 1.03. The van der Waals surface area contributed by atoms with Gasteiger partial charge in [0.1, 0.15) is 0 Å². The van der Waals surface area contributed by atoms with Gasteiger partial charge in [0.15, 0.2) is 0 Å². The molecule has 0 aromatic rings. The molecule has 1 unspecified atom stereocenters. The van der Waals surface area contributed by atoms with Gasteiger partial charge in [-0.15, -0.1) is 0 Å². The molecule has 0 aliphatic carbocycles. The van der Waals surface area contributed by atoms with Crippen LogP contribution >= 0.6 is 0 Å². The highest BCUT2D eigenvalue weighted by Gasteiger charge is 2.21. The smallest absolute Gasteiger partial charge is 0.0821 e. The Kier molecular flexibility index (Phi) is 10.6. The van der Waals surface area contributed by atoms with Crippen LogP contribution in [-0.2, 0) is 18.9 Å². The summed E-state index contributed by atoms with van der Waals surface area (Å²) in [6.07, 6.45) is -0.449. The van der Waals surface area contributed by atoms with Crippen LogP contribution in [0.3, 0.4) is 0 Å². The van der Waals surface area contributed by atoms with E-state index >= 15 is 0 Å². The summed E-state index contributed by atoms with van der Waals surface area (Å²) in [5.41, 5.74) is -0.143. The molecule has 0 aromatic carbocycles. The summed E-state index contributed by atoms with van der Waals surface area (Å²) < 4.78 is 20.7. The van der Waals surface area contributed by atoms with Gasteiger partial charge in [0.2, 0.25) is 0 Å². The van der Waals surface area contributed by atoms with Crippen LogP contribution < -0.4 is 0 Å². The Bertz CT molecular complexity index is 179. The van der Waals surface area contributed by atoms with Gasteiger partial charge in [-0.1, -0.05) is 20.8 Å². The highest BCUT2D eigenvalue weighted by Crippen LogP contribution is 2.18. The SMILES string of the molecule is COCCOCCOCCOCC(O)C(C)(C)C. The summed E-state index contributed by atoms with van der Waals surface area (Å²) in [5, 5.41) is 9.71. The lowest BCUT2D eigenvalue weighted by molar-refractivity contribution is -0.0415. The van der Waals surface area contributed by atoms with Crippen LogP contribution in [0.25, 0.3) is 0 Å². The van der Waals surface area contributed by atoms with Crippen LogP contribution in [0, 0.1) is 5.41 Å². The number of hydrogen-bond acceptors (Lipinski definition) is 5. The third-order valence-electron chi connectivity index (χ3n) is 2.45. The van der Waals surface area contributed by atoms with Crippen LogP contribution in [0.2, 0.25) is 0 Å². The monoisotopic (exact) mass is 264 g/mol. The molecular formula is C13H28O5. The predicted octanol–water partition coefficient (Wildman–Crippen LogP) is 1.09. The average Bonchev–Trinajstić information content (AvgIpc) is 2.30. The van der Waals surface area contributed by atoms with Crippen LogP contribution in [0.5, 0.6) is 0 Å². The predicted molar refractivity (Wildman–Crippen MR) is 69.8 cm³/mol. The van der Waals surface area contributed by atoms with Crippen LogP contribution in [0.15, 0.2) is 0 Å². The summed E-state index contributed by atoms with van der Waals surface area (Å²) in [4.78, 5) is 0. The topological polar surface area (TPSA) is 57.2 Å². The summed E-state index contributed by atoms with van der Waals surface area (Å²) in [6.45, 7) is 9.61. The van der Waals surface area contributed by atoms with E-state index in [0.29, 0.717) is 46.2 Å². The minimum atomic E-state index is -0.449. The van der Waals surface area contributed by atoms with E-state index in [0.717, 1.165) is 0 Å². The van der Waals surface area contributed by atoms with Crippen molar-refractivity contribution >= 4 is 0 Å². The molecule has 0 heterocycles. The van der Waals surface area contributed by atoms with Gasteiger partial charge in [-0.2, -0.15) is 0 Å². The Morgan fingerprint density at radius 2 is 1.28 bits per heavy atom. The van der Waals surface area contributed by atoms with Crippen molar-refractivity contribution < 1.29 is 24.1 Å². The fourth-order valence-corrected chi connectivity index (χ4v) is 1.03. The maximum Gasteiger partial charge on any atom is 0.0821 e. The van der Waals surface area contributed by atoms with E-state index in [9.17, 15) is 5.11 Å². The van der Waals surface area contributed by atoms with E-state index in [1.807, 2.05) is 20.8 Å². The molecule has 0 bridgehead atoms. The molecule has 0 radical (unpaired) electrons. The van der Waals surface area contributed by atoms with Crippen LogP contribution in [0.4, 0.5) is 0 Å². The fraction of sp³-hybridized carbons (Fsp3) is 1.00. The molecule has 0 saturated carbocycles. The van der Waals surface area contributed by atoms with Gasteiger partial charge in [-0.05, 0) is 5.41 Å². The first-order valence-corrected chi connectivity index (χ1v) is 6.38. The molecule has 1 N–H and O–H groups in total. The maximum atomic E-state index is 9.71. The lowest BCUT2D eigenvalue weighted by Crippen LogP contribution is -2.31. The molecular weight excluding hydrogens is 236 g/mol. The molecule has 0 fully saturated rings. The summed E-state index contributed by atoms with van der Waals surface area (Å²) in [7, 11) is 1.64. The first kappa shape index (κ1) is 17.8. The molecule has 5 nitrogen and oxygen atoms in total. The van der Waals surface area contributed by atoms with Crippen molar-refractivity contribution in [2.24, 2.45) is 5.41 Å². The van der Waals surface area contributed by atoms with E-state index in [-0.39, 0.29) is 5.41 Å². The highest BCUT2D eigenvalue weighted by atomic mass is 16.6. The number of rotatable bonds is 11. The van der Waals surface area contributed by atoms with Crippen LogP contribution in [-0.4, -0.2) is 64.6 Å². The second-order valence-electron chi connectivity index (χ2n) is 5.17. The number of ether oxygens (including phenoxy) is 4. The van der Waals surface area contributed by atoms with E-state index in [2.05, 4.69) is 0 Å². The van der Waals surface area contributed by atoms with Crippen molar-refractivity contribution in [2.45, 2.75) is 26.9 Å². The molecule has 18 heavy (non-hydrogen) atoms. The Morgan fingerprint density at radius 1 is 0.833 bits per heavy atom. The molecule has 0 aliphatic rings. The first-order valence-electron chi connectivity index (χ1n) is 6.38. The maximum absolute atomic E-state index is 9.71. The third kappa shape index (κ3) is 10.9. The molecule has 0 spiro atoms. The zero-order valence-corrected chi connectivity index (χ0v) is 12.1. The Morgan fingerprint density at radius 3 is 1.72 bits per heavy atom. The molecule has 5 heteroatoms. The van der Waals surface area contributed by atoms with Crippen molar-refractivity contribution in [2.75, 3.05) is 53.4 Å². The van der Waals surface area contributed by atoms with E-state index in [1.165, 1.54) is 0 Å². The molecule has 0 amide bonds. The summed E-state index contributed by atoms with van der Waals surface area (Å²) in [6, 6.07) is 0. The number of aliphatic hydroxyl groups is 1. The normalized spacial score (nSPS) is 13.8. The molecule has 0 rings (SSSR count). The molecule has 0 aromatic heterocycles. The Hall–Kier alpha value is -0.200. The largest absolute Gasteiger partial charge is 0.390 e. The zero-order chi connectivity index (χ0) is 13.9. The van der Waals surface area contributed by atoms with Gasteiger partial charge in [0.05, 0.1) is 52.4 Å². The lowest BCUT2D eigenvalue weighted by Gasteiger charge is -2.25. The van der Waals surface area contributed by atoms with Gasteiger partial charge < -0.3 is 24.1 Å². The Labute approximate surface area is 110 Å². The lowest BCUT2D eigenvalue weighted by atomic mass is 9.90. The minimum absolute atomic E-state index is 0.143. The highest BCUT2D eigenvalue weighted by molar-refractivity contribution is 4.71. The second-order valence-corrected chi connectivity index (χ2v) is 5.17. The van der Waals surface area contributed by atoms with Crippen molar-refractivity contribution in [1.29, 1.82) is 0 Å². The summed E-state index contributed by atoms with van der Waals surface area (Å²) >= 11 is 0. The van der Waals surface area contributed by atoms with Gasteiger partial charge in [0, 0.05) is 7.11 Å². The number of aliphatic hydroxyl groups excluding tert-OH is 1. The van der Waals surface area contributed by atoms with Crippen molar-refractivity contribution in [3.63, 3.8) is 0 Å². The van der Waals surface area contributed by atoms with Crippen LogP contribution in [0.1, 0.15) is 20.8 Å². The van der Waals surface area contributed by atoms with Crippen molar-refractivity contribution in [1.82, 2.24) is 0 Å². The molecule has 0 aliphatic heterocycles. The van der Waals surface area contributed by atoms with E-state index in [4.69, 9.17) is 18.9 Å². The first-order chi connectivity index (χ1) is 8.48. The molecule has 110 valence electrons. The number of methoxy groups -OCH3 is 1. The number of hydrogen-bond donors (Lipinski definition) is 1. The average molecular weight is 264 g/mol. The second kappa shape index (κ2) is 10.7.